The van der Waals surface area contributed by atoms with Gasteiger partial charge in [-0.3, -0.25) is 0 Å². The maximum Gasteiger partial charge on any atom is 0.215 e. The Morgan fingerprint density at radius 2 is 2.26 bits per heavy atom. The first-order valence-corrected chi connectivity index (χ1v) is 8.38. The lowest BCUT2D eigenvalue weighted by atomic mass is 10.2. The first-order chi connectivity index (χ1) is 9.17. The summed E-state index contributed by atoms with van der Waals surface area (Å²) in [6, 6.07) is 3.54. The molecule has 19 heavy (non-hydrogen) atoms. The van der Waals surface area contributed by atoms with E-state index < -0.39 is 10.0 Å². The summed E-state index contributed by atoms with van der Waals surface area (Å²) in [5.41, 5.74) is 0. The van der Waals surface area contributed by atoms with Gasteiger partial charge in [0.15, 0.2) is 0 Å². The molecule has 106 valence electrons. The SMILES string of the molecule is O=S(=O)(CC1CCOC1)N1CCCC1c1ccco1. The highest BCUT2D eigenvalue weighted by Gasteiger charge is 2.38. The van der Waals surface area contributed by atoms with Gasteiger partial charge in [0, 0.05) is 13.2 Å². The van der Waals surface area contributed by atoms with Crippen LogP contribution in [0.3, 0.4) is 0 Å². The second-order valence-corrected chi connectivity index (χ2v) is 7.26. The van der Waals surface area contributed by atoms with Crippen molar-refractivity contribution < 1.29 is 17.6 Å². The van der Waals surface area contributed by atoms with E-state index in [1.165, 1.54) is 0 Å². The van der Waals surface area contributed by atoms with Gasteiger partial charge in [0.25, 0.3) is 0 Å². The van der Waals surface area contributed by atoms with Crippen molar-refractivity contribution in [3.63, 3.8) is 0 Å². The van der Waals surface area contributed by atoms with Crippen LogP contribution < -0.4 is 0 Å². The molecule has 0 aromatic carbocycles. The van der Waals surface area contributed by atoms with E-state index in [2.05, 4.69) is 0 Å². The first-order valence-electron chi connectivity index (χ1n) is 6.77. The highest BCUT2D eigenvalue weighted by atomic mass is 32.2. The lowest BCUT2D eigenvalue weighted by Crippen LogP contribution is -2.35. The van der Waals surface area contributed by atoms with Gasteiger partial charge in [-0.25, -0.2) is 8.42 Å². The Morgan fingerprint density at radius 1 is 1.37 bits per heavy atom. The molecule has 2 fully saturated rings. The lowest BCUT2D eigenvalue weighted by Gasteiger charge is -2.23. The molecule has 2 unspecified atom stereocenters. The summed E-state index contributed by atoms with van der Waals surface area (Å²) in [5.74, 6) is 1.09. The van der Waals surface area contributed by atoms with Gasteiger partial charge in [-0.15, -0.1) is 0 Å². The third kappa shape index (κ3) is 2.70. The van der Waals surface area contributed by atoms with E-state index in [4.69, 9.17) is 9.15 Å². The minimum Gasteiger partial charge on any atom is -0.468 e. The summed E-state index contributed by atoms with van der Waals surface area (Å²) in [6.45, 7) is 1.85. The number of sulfonamides is 1. The van der Waals surface area contributed by atoms with Gasteiger partial charge < -0.3 is 9.15 Å². The lowest BCUT2D eigenvalue weighted by molar-refractivity contribution is 0.188. The summed E-state index contributed by atoms with van der Waals surface area (Å²) in [5, 5.41) is 0. The largest absolute Gasteiger partial charge is 0.468 e. The fraction of sp³-hybridized carbons (Fsp3) is 0.692. The van der Waals surface area contributed by atoms with Crippen molar-refractivity contribution in [1.82, 2.24) is 4.31 Å². The van der Waals surface area contributed by atoms with Crippen LogP contribution in [0.15, 0.2) is 22.8 Å². The Bertz CT molecular complexity index is 505. The van der Waals surface area contributed by atoms with E-state index in [-0.39, 0.29) is 17.7 Å². The van der Waals surface area contributed by atoms with Crippen molar-refractivity contribution >= 4 is 10.0 Å². The molecular weight excluding hydrogens is 266 g/mol. The fourth-order valence-corrected chi connectivity index (χ4v) is 5.00. The molecule has 0 radical (unpaired) electrons. The predicted molar refractivity (Wildman–Crippen MR) is 70.1 cm³/mol. The zero-order chi connectivity index (χ0) is 13.3. The zero-order valence-electron chi connectivity index (χ0n) is 10.8. The molecule has 2 saturated heterocycles. The number of rotatable bonds is 4. The van der Waals surface area contributed by atoms with E-state index in [1.54, 1.807) is 10.6 Å². The van der Waals surface area contributed by atoms with Gasteiger partial charge in [-0.05, 0) is 37.3 Å². The van der Waals surface area contributed by atoms with Crippen LogP contribution in [-0.4, -0.2) is 38.2 Å². The molecule has 2 aliphatic heterocycles. The standard InChI is InChI=1S/C13H19NO4S/c15-19(16,10-11-5-8-17-9-11)14-6-1-3-12(14)13-4-2-7-18-13/h2,4,7,11-12H,1,3,5-6,8-10H2. The number of furan rings is 1. The monoisotopic (exact) mass is 285 g/mol. The van der Waals surface area contributed by atoms with Crippen LogP contribution in [0.2, 0.25) is 0 Å². The van der Waals surface area contributed by atoms with Crippen LogP contribution in [0, 0.1) is 5.92 Å². The van der Waals surface area contributed by atoms with Gasteiger partial charge in [0.05, 0.1) is 24.7 Å². The molecule has 1 aromatic rings. The molecule has 3 rings (SSSR count). The fourth-order valence-electron chi connectivity index (χ4n) is 2.95. The number of ether oxygens (including phenoxy) is 1. The van der Waals surface area contributed by atoms with E-state index >= 15 is 0 Å². The summed E-state index contributed by atoms with van der Waals surface area (Å²) in [7, 11) is -3.23. The van der Waals surface area contributed by atoms with Gasteiger partial charge in [-0.1, -0.05) is 0 Å². The summed E-state index contributed by atoms with van der Waals surface area (Å²) < 4.78 is 37.3. The average Bonchev–Trinajstić information content (AvgIpc) is 3.11. The minimum absolute atomic E-state index is 0.123. The van der Waals surface area contributed by atoms with Crippen molar-refractivity contribution in [3.8, 4) is 0 Å². The Labute approximate surface area is 113 Å². The maximum absolute atomic E-state index is 12.5. The summed E-state index contributed by atoms with van der Waals surface area (Å²) >= 11 is 0. The number of hydrogen-bond acceptors (Lipinski definition) is 4. The maximum atomic E-state index is 12.5. The van der Waals surface area contributed by atoms with Gasteiger partial charge in [0.1, 0.15) is 5.76 Å². The minimum atomic E-state index is -3.23. The Morgan fingerprint density at radius 3 is 2.95 bits per heavy atom. The van der Waals surface area contributed by atoms with E-state index in [0.29, 0.717) is 19.8 Å². The van der Waals surface area contributed by atoms with Crippen molar-refractivity contribution in [2.45, 2.75) is 25.3 Å². The smallest absolute Gasteiger partial charge is 0.215 e. The summed E-state index contributed by atoms with van der Waals surface area (Å²) in [4.78, 5) is 0. The third-order valence-corrected chi connectivity index (χ3v) is 5.95. The quantitative estimate of drug-likeness (QED) is 0.846. The molecule has 0 saturated carbocycles. The molecule has 2 aliphatic rings. The Balaban J connectivity index is 1.75. The van der Waals surface area contributed by atoms with E-state index in [0.717, 1.165) is 25.0 Å². The van der Waals surface area contributed by atoms with Crippen LogP contribution in [-0.2, 0) is 14.8 Å². The molecule has 0 spiro atoms. The first kappa shape index (κ1) is 13.1. The molecule has 0 aliphatic carbocycles. The number of hydrogen-bond donors (Lipinski definition) is 0. The molecule has 0 bridgehead atoms. The highest BCUT2D eigenvalue weighted by Crippen LogP contribution is 2.35. The molecule has 0 amide bonds. The molecule has 6 heteroatoms. The van der Waals surface area contributed by atoms with E-state index in [1.807, 2.05) is 12.1 Å². The van der Waals surface area contributed by atoms with E-state index in [9.17, 15) is 8.42 Å². The van der Waals surface area contributed by atoms with Crippen LogP contribution in [0.25, 0.3) is 0 Å². The zero-order valence-corrected chi connectivity index (χ0v) is 11.6. The molecule has 0 N–H and O–H groups in total. The average molecular weight is 285 g/mol. The van der Waals surface area contributed by atoms with Gasteiger partial charge in [0.2, 0.25) is 10.0 Å². The molecule has 3 heterocycles. The van der Waals surface area contributed by atoms with Crippen molar-refractivity contribution in [2.24, 2.45) is 5.92 Å². The van der Waals surface area contributed by atoms with Crippen molar-refractivity contribution in [3.05, 3.63) is 24.2 Å². The second kappa shape index (κ2) is 5.26. The van der Waals surface area contributed by atoms with Gasteiger partial charge in [-0.2, -0.15) is 4.31 Å². The second-order valence-electron chi connectivity index (χ2n) is 5.29. The predicted octanol–water partition coefficient (Wildman–Crippen LogP) is 1.78. The third-order valence-electron chi connectivity index (χ3n) is 3.90. The number of nitrogens with zero attached hydrogens (tertiary/aromatic N) is 1. The van der Waals surface area contributed by atoms with Crippen LogP contribution in [0.4, 0.5) is 0 Å². The topological polar surface area (TPSA) is 59.8 Å². The Kier molecular flexibility index (Phi) is 3.64. The van der Waals surface area contributed by atoms with Crippen LogP contribution in [0.5, 0.6) is 0 Å². The van der Waals surface area contributed by atoms with Crippen molar-refractivity contribution in [1.29, 1.82) is 0 Å². The summed E-state index contributed by atoms with van der Waals surface area (Å²) in [6.07, 6.45) is 4.18. The van der Waals surface area contributed by atoms with Crippen molar-refractivity contribution in [2.75, 3.05) is 25.5 Å². The molecular formula is C13H19NO4S. The van der Waals surface area contributed by atoms with Crippen LogP contribution in [0.1, 0.15) is 31.1 Å². The highest BCUT2D eigenvalue weighted by molar-refractivity contribution is 7.89. The van der Waals surface area contributed by atoms with Crippen LogP contribution >= 0.6 is 0 Å². The Hall–Kier alpha value is -0.850. The molecule has 5 nitrogen and oxygen atoms in total. The normalized spacial score (nSPS) is 29.1. The van der Waals surface area contributed by atoms with Gasteiger partial charge >= 0.3 is 0 Å². The molecule has 1 aromatic heterocycles. The molecule has 2 atom stereocenters.